The Hall–Kier alpha value is -1.29. The number of nitrogens with zero attached hydrogens (tertiary/aromatic N) is 1. The summed E-state index contributed by atoms with van der Waals surface area (Å²) in [6.45, 7) is 5.38. The van der Waals surface area contributed by atoms with Gasteiger partial charge in [-0.1, -0.05) is 13.3 Å². The van der Waals surface area contributed by atoms with Gasteiger partial charge in [0, 0.05) is 6.04 Å². The molecule has 1 aromatic rings. The molecule has 1 fully saturated rings. The average Bonchev–Trinajstić information content (AvgIpc) is 2.87. The number of furan rings is 1. The fraction of sp³-hybridized carbons (Fsp3) is 0.643. The van der Waals surface area contributed by atoms with E-state index in [0.717, 1.165) is 18.7 Å². The fourth-order valence-electron chi connectivity index (χ4n) is 2.83. The van der Waals surface area contributed by atoms with Crippen LogP contribution in [0.1, 0.15) is 61.9 Å². The number of carboxylic acids is 1. The zero-order valence-corrected chi connectivity index (χ0v) is 11.1. The molecule has 0 aliphatic carbocycles. The Kier molecular flexibility index (Phi) is 4.07. The van der Waals surface area contributed by atoms with Crippen molar-refractivity contribution in [2.24, 2.45) is 0 Å². The number of carboxylic acid groups (broad SMARTS) is 1. The summed E-state index contributed by atoms with van der Waals surface area (Å²) in [4.78, 5) is 13.3. The highest BCUT2D eigenvalue weighted by Gasteiger charge is 2.28. The molecule has 1 aliphatic rings. The van der Waals surface area contributed by atoms with Gasteiger partial charge in [0.2, 0.25) is 5.76 Å². The maximum Gasteiger partial charge on any atom is 0.371 e. The van der Waals surface area contributed by atoms with Gasteiger partial charge in [-0.25, -0.2) is 4.79 Å². The van der Waals surface area contributed by atoms with Crippen LogP contribution in [0.5, 0.6) is 0 Å². The van der Waals surface area contributed by atoms with Crippen LogP contribution in [0.15, 0.2) is 16.5 Å². The smallest absolute Gasteiger partial charge is 0.371 e. The second-order valence-electron chi connectivity index (χ2n) is 4.98. The molecule has 0 saturated carbocycles. The summed E-state index contributed by atoms with van der Waals surface area (Å²) < 4.78 is 5.41. The first kappa shape index (κ1) is 13.1. The minimum absolute atomic E-state index is 0.0295. The van der Waals surface area contributed by atoms with Gasteiger partial charge in [-0.05, 0) is 44.9 Å². The maximum absolute atomic E-state index is 10.8. The predicted molar refractivity (Wildman–Crippen MR) is 68.7 cm³/mol. The molecule has 1 N–H and O–H groups in total. The van der Waals surface area contributed by atoms with E-state index in [-0.39, 0.29) is 11.8 Å². The third-order valence-electron chi connectivity index (χ3n) is 3.89. The first-order valence-electron chi connectivity index (χ1n) is 6.72. The molecule has 18 heavy (non-hydrogen) atoms. The number of hydrogen-bond acceptors (Lipinski definition) is 3. The van der Waals surface area contributed by atoms with Crippen LogP contribution in [0.25, 0.3) is 0 Å². The molecule has 2 rings (SSSR count). The molecule has 1 aliphatic heterocycles. The van der Waals surface area contributed by atoms with Crippen LogP contribution in [-0.4, -0.2) is 28.6 Å². The van der Waals surface area contributed by atoms with Gasteiger partial charge in [0.15, 0.2) is 0 Å². The van der Waals surface area contributed by atoms with Gasteiger partial charge in [-0.2, -0.15) is 0 Å². The number of hydrogen-bond donors (Lipinski definition) is 1. The van der Waals surface area contributed by atoms with E-state index in [1.165, 1.54) is 19.3 Å². The minimum Gasteiger partial charge on any atom is -0.475 e. The molecule has 0 radical (unpaired) electrons. The van der Waals surface area contributed by atoms with Crippen LogP contribution < -0.4 is 0 Å². The van der Waals surface area contributed by atoms with Gasteiger partial charge >= 0.3 is 5.97 Å². The van der Waals surface area contributed by atoms with Crippen LogP contribution in [0.3, 0.4) is 0 Å². The van der Waals surface area contributed by atoms with E-state index in [9.17, 15) is 4.79 Å². The van der Waals surface area contributed by atoms with Crippen LogP contribution in [0, 0.1) is 0 Å². The van der Waals surface area contributed by atoms with Crippen LogP contribution >= 0.6 is 0 Å². The third-order valence-corrected chi connectivity index (χ3v) is 3.89. The minimum atomic E-state index is -1.00. The lowest BCUT2D eigenvalue weighted by molar-refractivity contribution is 0.0640. The number of carbonyl (C=O) groups is 1. The van der Waals surface area contributed by atoms with Crippen LogP contribution in [-0.2, 0) is 0 Å². The highest BCUT2D eigenvalue weighted by atomic mass is 16.4. The Labute approximate surface area is 108 Å². The highest BCUT2D eigenvalue weighted by molar-refractivity contribution is 5.84. The van der Waals surface area contributed by atoms with Crippen molar-refractivity contribution >= 4 is 5.97 Å². The zero-order chi connectivity index (χ0) is 13.1. The summed E-state index contributed by atoms with van der Waals surface area (Å²) in [5.41, 5.74) is 0. The first-order chi connectivity index (χ1) is 8.63. The Balaban J connectivity index is 2.13. The van der Waals surface area contributed by atoms with E-state index < -0.39 is 5.97 Å². The molecular weight excluding hydrogens is 230 g/mol. The lowest BCUT2D eigenvalue weighted by Gasteiger charge is -2.38. The van der Waals surface area contributed by atoms with E-state index in [1.54, 1.807) is 12.1 Å². The van der Waals surface area contributed by atoms with Gasteiger partial charge in [-0.3, -0.25) is 4.90 Å². The van der Waals surface area contributed by atoms with Crippen molar-refractivity contribution in [2.45, 2.75) is 51.6 Å². The summed E-state index contributed by atoms with van der Waals surface area (Å²) in [6.07, 6.45) is 4.87. The Morgan fingerprint density at radius 3 is 2.94 bits per heavy atom. The molecule has 1 saturated heterocycles. The van der Waals surface area contributed by atoms with E-state index in [0.29, 0.717) is 6.04 Å². The summed E-state index contributed by atoms with van der Waals surface area (Å²) in [5.74, 6) is -0.214. The van der Waals surface area contributed by atoms with Crippen molar-refractivity contribution in [1.82, 2.24) is 4.90 Å². The molecule has 2 atom stereocenters. The van der Waals surface area contributed by atoms with Crippen molar-refractivity contribution in [3.63, 3.8) is 0 Å². The molecule has 0 bridgehead atoms. The largest absolute Gasteiger partial charge is 0.475 e. The van der Waals surface area contributed by atoms with Crippen LogP contribution in [0.2, 0.25) is 0 Å². The van der Waals surface area contributed by atoms with E-state index in [4.69, 9.17) is 9.52 Å². The quantitative estimate of drug-likeness (QED) is 0.892. The average molecular weight is 251 g/mol. The molecule has 0 aromatic carbocycles. The van der Waals surface area contributed by atoms with Gasteiger partial charge < -0.3 is 9.52 Å². The number of piperidine rings is 1. The van der Waals surface area contributed by atoms with E-state index in [2.05, 4.69) is 18.7 Å². The second-order valence-corrected chi connectivity index (χ2v) is 4.98. The van der Waals surface area contributed by atoms with Gasteiger partial charge in [0.25, 0.3) is 0 Å². The molecule has 0 spiro atoms. The summed E-state index contributed by atoms with van der Waals surface area (Å²) in [6, 6.07) is 4.07. The lowest BCUT2D eigenvalue weighted by Crippen LogP contribution is -2.40. The first-order valence-corrected chi connectivity index (χ1v) is 6.72. The van der Waals surface area contributed by atoms with Crippen molar-refractivity contribution < 1.29 is 14.3 Å². The van der Waals surface area contributed by atoms with Crippen molar-refractivity contribution in [3.8, 4) is 0 Å². The standard InChI is InChI=1S/C14H21NO3/c1-3-11-6-4-5-9-15(11)10(2)12-7-8-13(18-12)14(16)17/h7-8,10-11H,3-6,9H2,1-2H3,(H,16,17). The number of aromatic carboxylic acids is 1. The van der Waals surface area contributed by atoms with Crippen molar-refractivity contribution in [2.75, 3.05) is 6.54 Å². The Morgan fingerprint density at radius 2 is 2.33 bits per heavy atom. The molecule has 4 nitrogen and oxygen atoms in total. The molecule has 100 valence electrons. The van der Waals surface area contributed by atoms with Crippen molar-refractivity contribution in [3.05, 3.63) is 23.7 Å². The molecule has 4 heteroatoms. The van der Waals surface area contributed by atoms with Crippen molar-refractivity contribution in [1.29, 1.82) is 0 Å². The molecule has 2 heterocycles. The summed E-state index contributed by atoms with van der Waals surface area (Å²) in [7, 11) is 0. The molecular formula is C14H21NO3. The fourth-order valence-corrected chi connectivity index (χ4v) is 2.83. The van der Waals surface area contributed by atoms with Gasteiger partial charge in [0.1, 0.15) is 5.76 Å². The molecule has 0 amide bonds. The molecule has 2 unspecified atom stereocenters. The van der Waals surface area contributed by atoms with Crippen LogP contribution in [0.4, 0.5) is 0 Å². The topological polar surface area (TPSA) is 53.7 Å². The highest BCUT2D eigenvalue weighted by Crippen LogP contribution is 2.30. The van der Waals surface area contributed by atoms with Gasteiger partial charge in [-0.15, -0.1) is 0 Å². The summed E-state index contributed by atoms with van der Waals surface area (Å²) in [5, 5.41) is 8.88. The SMILES string of the molecule is CCC1CCCCN1C(C)c1ccc(C(=O)O)o1. The zero-order valence-electron chi connectivity index (χ0n) is 11.1. The lowest BCUT2D eigenvalue weighted by atomic mass is 9.97. The Morgan fingerprint density at radius 1 is 1.56 bits per heavy atom. The second kappa shape index (κ2) is 5.57. The van der Waals surface area contributed by atoms with E-state index >= 15 is 0 Å². The Bertz CT molecular complexity index is 413. The summed E-state index contributed by atoms with van der Waals surface area (Å²) >= 11 is 0. The number of rotatable bonds is 4. The predicted octanol–water partition coefficient (Wildman–Crippen LogP) is 3.30. The third kappa shape index (κ3) is 2.58. The van der Waals surface area contributed by atoms with Gasteiger partial charge in [0.05, 0.1) is 6.04 Å². The normalized spacial score (nSPS) is 22.9. The maximum atomic E-state index is 10.8. The number of likely N-dealkylation sites (tertiary alicyclic amines) is 1. The molecule has 1 aromatic heterocycles. The van der Waals surface area contributed by atoms with E-state index in [1.807, 2.05) is 0 Å². The monoisotopic (exact) mass is 251 g/mol.